The molecular weight excluding hydrogens is 444 g/mol. The number of anilines is 1. The highest BCUT2D eigenvalue weighted by Crippen LogP contribution is 2.39. The van der Waals surface area contributed by atoms with Crippen LogP contribution in [0.15, 0.2) is 45.3 Å². The first kappa shape index (κ1) is 18.7. The van der Waals surface area contributed by atoms with Crippen molar-refractivity contribution in [1.82, 2.24) is 14.8 Å². The molecule has 0 radical (unpaired) electrons. The van der Waals surface area contributed by atoms with Gasteiger partial charge in [-0.25, -0.2) is 0 Å². The lowest BCUT2D eigenvalue weighted by molar-refractivity contribution is -0.113. The number of amides is 1. The van der Waals surface area contributed by atoms with E-state index in [9.17, 15) is 4.79 Å². The number of benzene rings is 1. The van der Waals surface area contributed by atoms with Crippen LogP contribution in [0.1, 0.15) is 35.1 Å². The topological polar surface area (TPSA) is 59.8 Å². The minimum atomic E-state index is -0.0408. The average molecular weight is 463 g/mol. The highest BCUT2D eigenvalue weighted by atomic mass is 79.9. The average Bonchev–Trinajstić information content (AvgIpc) is 3.20. The second-order valence-corrected chi connectivity index (χ2v) is 9.39. The van der Waals surface area contributed by atoms with Crippen LogP contribution in [0.3, 0.4) is 0 Å². The summed E-state index contributed by atoms with van der Waals surface area (Å²) in [6.45, 7) is 2.02. The van der Waals surface area contributed by atoms with E-state index < -0.39 is 0 Å². The van der Waals surface area contributed by atoms with Gasteiger partial charge < -0.3 is 9.88 Å². The highest BCUT2D eigenvalue weighted by Gasteiger charge is 2.30. The van der Waals surface area contributed by atoms with Crippen molar-refractivity contribution in [2.24, 2.45) is 0 Å². The highest BCUT2D eigenvalue weighted by molar-refractivity contribution is 9.10. The van der Waals surface area contributed by atoms with Crippen LogP contribution < -0.4 is 5.32 Å². The third-order valence-corrected chi connectivity index (χ3v) is 7.02. The molecule has 1 aliphatic rings. The molecule has 8 heteroatoms. The van der Waals surface area contributed by atoms with E-state index in [1.54, 1.807) is 11.3 Å². The van der Waals surface area contributed by atoms with Gasteiger partial charge in [0.2, 0.25) is 5.91 Å². The standard InChI is InChI=1S/C19H19BrN4OS2/c1-12-4-5-13(9-16(12)20)21-18(25)11-27-19-23-22-17(24(19)14-6-7-14)10-15-3-2-8-26-15/h2-5,8-9,14H,6-7,10-11H2,1H3,(H,21,25). The molecule has 4 rings (SSSR count). The smallest absolute Gasteiger partial charge is 0.234 e. The van der Waals surface area contributed by atoms with Crippen LogP contribution in [0, 0.1) is 6.92 Å². The maximum absolute atomic E-state index is 12.3. The fourth-order valence-corrected chi connectivity index (χ4v) is 4.70. The zero-order valence-corrected chi connectivity index (χ0v) is 18.0. The van der Waals surface area contributed by atoms with Crippen molar-refractivity contribution in [2.45, 2.75) is 37.4 Å². The fraction of sp³-hybridized carbons (Fsp3) is 0.316. The van der Waals surface area contributed by atoms with Gasteiger partial charge in [0.05, 0.1) is 5.75 Å². The van der Waals surface area contributed by atoms with Crippen LogP contribution in [0.2, 0.25) is 0 Å². The monoisotopic (exact) mass is 462 g/mol. The lowest BCUT2D eigenvalue weighted by Gasteiger charge is -2.09. The van der Waals surface area contributed by atoms with Gasteiger partial charge >= 0.3 is 0 Å². The van der Waals surface area contributed by atoms with Crippen molar-refractivity contribution < 1.29 is 4.79 Å². The zero-order chi connectivity index (χ0) is 18.8. The molecule has 1 aromatic carbocycles. The number of thioether (sulfide) groups is 1. The third kappa shape index (κ3) is 4.62. The number of carbonyl (C=O) groups is 1. The van der Waals surface area contributed by atoms with Crippen molar-refractivity contribution >= 4 is 50.6 Å². The molecule has 1 amide bonds. The Morgan fingerprint density at radius 2 is 2.22 bits per heavy atom. The van der Waals surface area contributed by atoms with Crippen LogP contribution >= 0.6 is 39.0 Å². The molecule has 0 unspecified atom stereocenters. The van der Waals surface area contributed by atoms with E-state index in [2.05, 4.69) is 53.5 Å². The largest absolute Gasteiger partial charge is 0.325 e. The Bertz CT molecular complexity index is 951. The number of nitrogens with one attached hydrogen (secondary N) is 1. The molecule has 1 aliphatic carbocycles. The Balaban J connectivity index is 1.41. The number of hydrogen-bond acceptors (Lipinski definition) is 5. The van der Waals surface area contributed by atoms with E-state index in [0.717, 1.165) is 46.0 Å². The van der Waals surface area contributed by atoms with Gasteiger partial charge in [-0.1, -0.05) is 39.8 Å². The number of halogens is 1. The van der Waals surface area contributed by atoms with Gasteiger partial charge in [-0.2, -0.15) is 0 Å². The van der Waals surface area contributed by atoms with Crippen LogP contribution in [0.5, 0.6) is 0 Å². The van der Waals surface area contributed by atoms with Gasteiger partial charge in [-0.05, 0) is 48.9 Å². The Kier molecular flexibility index (Phi) is 5.66. The normalized spacial score (nSPS) is 13.7. The third-order valence-electron chi connectivity index (χ3n) is 4.35. The maximum atomic E-state index is 12.3. The molecule has 27 heavy (non-hydrogen) atoms. The number of aryl methyl sites for hydroxylation is 1. The van der Waals surface area contributed by atoms with Crippen molar-refractivity contribution in [3.63, 3.8) is 0 Å². The molecule has 1 saturated carbocycles. The van der Waals surface area contributed by atoms with Crippen molar-refractivity contribution in [1.29, 1.82) is 0 Å². The first-order valence-electron chi connectivity index (χ1n) is 8.75. The Morgan fingerprint density at radius 1 is 1.37 bits per heavy atom. The number of aromatic nitrogens is 3. The molecule has 1 N–H and O–H groups in total. The molecule has 2 heterocycles. The summed E-state index contributed by atoms with van der Waals surface area (Å²) in [5, 5.41) is 14.6. The predicted molar refractivity (Wildman–Crippen MR) is 114 cm³/mol. The maximum Gasteiger partial charge on any atom is 0.234 e. The summed E-state index contributed by atoms with van der Waals surface area (Å²) < 4.78 is 3.21. The van der Waals surface area contributed by atoms with Gasteiger partial charge in [0.15, 0.2) is 5.16 Å². The van der Waals surface area contributed by atoms with E-state index in [1.165, 1.54) is 16.6 Å². The molecule has 0 saturated heterocycles. The number of carbonyl (C=O) groups excluding carboxylic acids is 1. The van der Waals surface area contributed by atoms with Crippen LogP contribution in [0.4, 0.5) is 5.69 Å². The molecule has 2 aromatic heterocycles. The first-order valence-corrected chi connectivity index (χ1v) is 11.4. The van der Waals surface area contributed by atoms with Crippen molar-refractivity contribution in [3.05, 3.63) is 56.4 Å². The fourth-order valence-electron chi connectivity index (χ4n) is 2.79. The first-order chi connectivity index (χ1) is 13.1. The summed E-state index contributed by atoms with van der Waals surface area (Å²) in [5.74, 6) is 1.27. The van der Waals surface area contributed by atoms with E-state index in [0.29, 0.717) is 11.8 Å². The molecular formula is C19H19BrN4OS2. The Hall–Kier alpha value is -1.64. The van der Waals surface area contributed by atoms with Crippen molar-refractivity contribution in [3.8, 4) is 0 Å². The molecule has 0 aliphatic heterocycles. The van der Waals surface area contributed by atoms with Crippen LogP contribution in [-0.2, 0) is 11.2 Å². The lowest BCUT2D eigenvalue weighted by atomic mass is 10.2. The summed E-state index contributed by atoms with van der Waals surface area (Å²) >= 11 is 6.68. The lowest BCUT2D eigenvalue weighted by Crippen LogP contribution is -2.14. The van der Waals surface area contributed by atoms with E-state index in [-0.39, 0.29) is 5.91 Å². The zero-order valence-electron chi connectivity index (χ0n) is 14.8. The quantitative estimate of drug-likeness (QED) is 0.498. The van der Waals surface area contributed by atoms with Gasteiger partial charge in [0.25, 0.3) is 0 Å². The number of thiophene rings is 1. The summed E-state index contributed by atoms with van der Waals surface area (Å²) in [5.41, 5.74) is 1.93. The predicted octanol–water partition coefficient (Wildman–Crippen LogP) is 5.07. The van der Waals surface area contributed by atoms with Gasteiger partial charge in [0, 0.05) is 27.5 Å². The van der Waals surface area contributed by atoms with E-state index in [1.807, 2.05) is 25.1 Å². The molecule has 0 atom stereocenters. The number of nitrogens with zero attached hydrogens (tertiary/aromatic N) is 3. The summed E-state index contributed by atoms with van der Waals surface area (Å²) in [7, 11) is 0. The van der Waals surface area contributed by atoms with Gasteiger partial charge in [-0.3, -0.25) is 4.79 Å². The minimum Gasteiger partial charge on any atom is -0.325 e. The summed E-state index contributed by atoms with van der Waals surface area (Å²) in [4.78, 5) is 13.6. The second kappa shape index (κ2) is 8.16. The van der Waals surface area contributed by atoms with Crippen LogP contribution in [0.25, 0.3) is 0 Å². The summed E-state index contributed by atoms with van der Waals surface area (Å²) in [6, 6.07) is 10.5. The second-order valence-electron chi connectivity index (χ2n) is 6.56. The molecule has 0 spiro atoms. The molecule has 5 nitrogen and oxygen atoms in total. The van der Waals surface area contributed by atoms with Gasteiger partial charge in [-0.15, -0.1) is 21.5 Å². The number of rotatable bonds is 7. The Labute approximate surface area is 174 Å². The van der Waals surface area contributed by atoms with E-state index >= 15 is 0 Å². The van der Waals surface area contributed by atoms with Crippen molar-refractivity contribution in [2.75, 3.05) is 11.1 Å². The molecule has 1 fully saturated rings. The molecule has 0 bridgehead atoms. The SMILES string of the molecule is Cc1ccc(NC(=O)CSc2nnc(Cc3cccs3)n2C2CC2)cc1Br. The summed E-state index contributed by atoms with van der Waals surface area (Å²) in [6.07, 6.45) is 3.12. The van der Waals surface area contributed by atoms with E-state index in [4.69, 9.17) is 0 Å². The number of hydrogen-bond donors (Lipinski definition) is 1. The van der Waals surface area contributed by atoms with Crippen LogP contribution in [-0.4, -0.2) is 26.4 Å². The minimum absolute atomic E-state index is 0.0408. The molecule has 140 valence electrons. The molecule has 3 aromatic rings. The Morgan fingerprint density at radius 3 is 2.93 bits per heavy atom. The van der Waals surface area contributed by atoms with Gasteiger partial charge in [0.1, 0.15) is 5.82 Å².